The zero-order valence-corrected chi connectivity index (χ0v) is 8.45. The molecule has 2 nitrogen and oxygen atoms in total. The van der Waals surface area contributed by atoms with E-state index < -0.39 is 11.6 Å². The molecule has 0 aliphatic rings. The second kappa shape index (κ2) is 3.04. The Kier molecular flexibility index (Phi) is 2.41. The maximum Gasteiger partial charge on any atom is 0.162 e. The second-order valence-electron chi connectivity index (χ2n) is 2.39. The summed E-state index contributed by atoms with van der Waals surface area (Å²) in [6.07, 6.45) is 0. The van der Waals surface area contributed by atoms with Gasteiger partial charge in [-0.3, -0.25) is 0 Å². The van der Waals surface area contributed by atoms with Gasteiger partial charge >= 0.3 is 0 Å². The van der Waals surface area contributed by atoms with Crippen LogP contribution in [0.15, 0.2) is 0 Å². The molecule has 1 aromatic carbocycles. The highest BCUT2D eigenvalue weighted by Crippen LogP contribution is 2.29. The summed E-state index contributed by atoms with van der Waals surface area (Å²) in [6.45, 7) is 1.48. The molecule has 4 N–H and O–H groups in total. The topological polar surface area (TPSA) is 52.0 Å². The molecular weight excluding hydrogens is 277 g/mol. The van der Waals surface area contributed by atoms with E-state index in [4.69, 9.17) is 11.5 Å². The smallest absolute Gasteiger partial charge is 0.162 e. The number of nitrogens with two attached hydrogens (primary N) is 2. The Morgan fingerprint density at radius 1 is 1.08 bits per heavy atom. The molecule has 0 aliphatic carbocycles. The molecule has 0 aliphatic heterocycles. The van der Waals surface area contributed by atoms with Crippen LogP contribution in [0.4, 0.5) is 20.2 Å². The lowest BCUT2D eigenvalue weighted by atomic mass is 10.1. The number of hydrogen-bond acceptors (Lipinski definition) is 2. The quantitative estimate of drug-likeness (QED) is 0.435. The van der Waals surface area contributed by atoms with Gasteiger partial charge in [0, 0.05) is 5.56 Å². The number of benzene rings is 1. The summed E-state index contributed by atoms with van der Waals surface area (Å²) in [7, 11) is 0. The molecule has 0 saturated carbocycles. The van der Waals surface area contributed by atoms with E-state index in [0.717, 1.165) is 0 Å². The van der Waals surface area contributed by atoms with Crippen LogP contribution >= 0.6 is 22.6 Å². The van der Waals surface area contributed by atoms with E-state index in [2.05, 4.69) is 0 Å². The Morgan fingerprint density at radius 2 is 1.42 bits per heavy atom. The van der Waals surface area contributed by atoms with Crippen molar-refractivity contribution < 1.29 is 8.78 Å². The van der Waals surface area contributed by atoms with Gasteiger partial charge in [-0.2, -0.15) is 0 Å². The number of hydrogen-bond donors (Lipinski definition) is 2. The highest BCUT2D eigenvalue weighted by molar-refractivity contribution is 14.1. The third-order valence-electron chi connectivity index (χ3n) is 1.67. The molecule has 0 bridgehead atoms. The Bertz CT molecular complexity index is 234. The molecule has 0 radical (unpaired) electrons. The van der Waals surface area contributed by atoms with Gasteiger partial charge in [0.05, 0.1) is 14.9 Å². The van der Waals surface area contributed by atoms with Crippen LogP contribution in [0.5, 0.6) is 0 Å². The summed E-state index contributed by atoms with van der Waals surface area (Å²) >= 11 is 1.53. The molecule has 66 valence electrons. The first kappa shape index (κ1) is 9.50. The van der Waals surface area contributed by atoms with Gasteiger partial charge in [-0.15, -0.1) is 0 Å². The van der Waals surface area contributed by atoms with E-state index in [1.807, 2.05) is 0 Å². The summed E-state index contributed by atoms with van der Waals surface area (Å²) in [5.74, 6) is -1.47. The Balaban J connectivity index is 3.60. The average Bonchev–Trinajstić information content (AvgIpc) is 2.08. The van der Waals surface area contributed by atoms with Crippen molar-refractivity contribution >= 4 is 34.0 Å². The van der Waals surface area contributed by atoms with Crippen molar-refractivity contribution in [2.24, 2.45) is 0 Å². The van der Waals surface area contributed by atoms with Crippen LogP contribution in [0.3, 0.4) is 0 Å². The van der Waals surface area contributed by atoms with Gasteiger partial charge in [0.1, 0.15) is 0 Å². The predicted molar refractivity (Wildman–Crippen MR) is 52.6 cm³/mol. The van der Waals surface area contributed by atoms with Crippen LogP contribution in [0.1, 0.15) is 5.56 Å². The number of nitrogen functional groups attached to an aromatic ring is 2. The average molecular weight is 284 g/mol. The van der Waals surface area contributed by atoms with Crippen molar-refractivity contribution in [3.63, 3.8) is 0 Å². The lowest BCUT2D eigenvalue weighted by Crippen LogP contribution is -2.05. The SMILES string of the molecule is Cc1c(N)c(F)c(I)c(F)c1N. The van der Waals surface area contributed by atoms with Crippen LogP contribution in [-0.4, -0.2) is 0 Å². The van der Waals surface area contributed by atoms with E-state index in [9.17, 15) is 8.78 Å². The van der Waals surface area contributed by atoms with Gasteiger partial charge in [0.2, 0.25) is 0 Å². The number of rotatable bonds is 0. The van der Waals surface area contributed by atoms with E-state index >= 15 is 0 Å². The molecule has 0 saturated heterocycles. The molecule has 0 unspecified atom stereocenters. The molecular formula is C7H7F2IN2. The summed E-state index contributed by atoms with van der Waals surface area (Å²) < 4.78 is 25.8. The molecule has 0 atom stereocenters. The molecule has 1 aromatic rings. The van der Waals surface area contributed by atoms with E-state index in [0.29, 0.717) is 0 Å². The summed E-state index contributed by atoms with van der Waals surface area (Å²) in [6, 6.07) is 0. The third kappa shape index (κ3) is 1.21. The van der Waals surface area contributed by atoms with Gasteiger partial charge in [-0.25, -0.2) is 8.78 Å². The standard InChI is InChI=1S/C7H7F2IN2/c1-2-6(11)3(8)5(10)4(9)7(2)12/h11-12H2,1H3. The molecule has 0 heterocycles. The van der Waals surface area contributed by atoms with Crippen molar-refractivity contribution in [2.75, 3.05) is 11.5 Å². The number of halogens is 3. The zero-order chi connectivity index (χ0) is 9.46. The van der Waals surface area contributed by atoms with E-state index in [1.165, 1.54) is 29.5 Å². The second-order valence-corrected chi connectivity index (χ2v) is 3.47. The zero-order valence-electron chi connectivity index (χ0n) is 6.29. The van der Waals surface area contributed by atoms with Gasteiger partial charge < -0.3 is 11.5 Å². The monoisotopic (exact) mass is 284 g/mol. The first-order chi connectivity index (χ1) is 5.46. The lowest BCUT2D eigenvalue weighted by Gasteiger charge is -2.08. The van der Waals surface area contributed by atoms with Crippen molar-refractivity contribution in [3.8, 4) is 0 Å². The van der Waals surface area contributed by atoms with Crippen LogP contribution in [-0.2, 0) is 0 Å². The first-order valence-electron chi connectivity index (χ1n) is 3.14. The van der Waals surface area contributed by atoms with Crippen molar-refractivity contribution in [2.45, 2.75) is 6.92 Å². The van der Waals surface area contributed by atoms with E-state index in [1.54, 1.807) is 0 Å². The minimum absolute atomic E-state index is 0.0849. The van der Waals surface area contributed by atoms with Crippen LogP contribution in [0, 0.1) is 22.1 Å². The molecule has 1 rings (SSSR count). The third-order valence-corrected chi connectivity index (χ3v) is 2.61. The van der Waals surface area contributed by atoms with Crippen molar-refractivity contribution in [1.29, 1.82) is 0 Å². The normalized spacial score (nSPS) is 10.3. The maximum absolute atomic E-state index is 13.0. The van der Waals surface area contributed by atoms with Crippen molar-refractivity contribution in [1.82, 2.24) is 0 Å². The van der Waals surface area contributed by atoms with Gasteiger partial charge in [0.15, 0.2) is 11.6 Å². The molecule has 12 heavy (non-hydrogen) atoms. The molecule has 0 spiro atoms. The highest BCUT2D eigenvalue weighted by atomic mass is 127. The summed E-state index contributed by atoms with van der Waals surface area (Å²) in [5.41, 5.74) is 10.7. The predicted octanol–water partition coefficient (Wildman–Crippen LogP) is 2.04. The Hall–Kier alpha value is -0.590. The van der Waals surface area contributed by atoms with Crippen LogP contribution in [0.2, 0.25) is 0 Å². The molecule has 5 heteroatoms. The largest absolute Gasteiger partial charge is 0.396 e. The lowest BCUT2D eigenvalue weighted by molar-refractivity contribution is 0.575. The van der Waals surface area contributed by atoms with Gasteiger partial charge in [-0.1, -0.05) is 0 Å². The van der Waals surface area contributed by atoms with E-state index in [-0.39, 0.29) is 20.5 Å². The van der Waals surface area contributed by atoms with Crippen molar-refractivity contribution in [3.05, 3.63) is 20.8 Å². The maximum atomic E-state index is 13.0. The minimum Gasteiger partial charge on any atom is -0.396 e. The summed E-state index contributed by atoms with van der Waals surface area (Å²) in [5, 5.41) is 0. The molecule has 0 amide bonds. The van der Waals surface area contributed by atoms with Crippen LogP contribution in [0.25, 0.3) is 0 Å². The fraction of sp³-hybridized carbons (Fsp3) is 0.143. The number of anilines is 2. The molecule has 0 fully saturated rings. The van der Waals surface area contributed by atoms with Gasteiger partial charge in [-0.05, 0) is 29.5 Å². The van der Waals surface area contributed by atoms with Crippen LogP contribution < -0.4 is 11.5 Å². The highest BCUT2D eigenvalue weighted by Gasteiger charge is 2.16. The Labute approximate surface area is 82.1 Å². The fourth-order valence-corrected chi connectivity index (χ4v) is 1.39. The Morgan fingerprint density at radius 3 is 1.75 bits per heavy atom. The molecule has 0 aromatic heterocycles. The van der Waals surface area contributed by atoms with Gasteiger partial charge in [0.25, 0.3) is 0 Å². The summed E-state index contributed by atoms with van der Waals surface area (Å²) in [4.78, 5) is 0. The first-order valence-corrected chi connectivity index (χ1v) is 4.22. The minimum atomic E-state index is -0.736. The fourth-order valence-electron chi connectivity index (χ4n) is 0.807.